The van der Waals surface area contributed by atoms with Gasteiger partial charge in [-0.3, -0.25) is 4.98 Å². The molecule has 1 aromatic carbocycles. The number of thiocarbonyl (C=S) groups is 1. The second-order valence-corrected chi connectivity index (χ2v) is 9.08. The number of aryl methyl sites for hydroxylation is 3. The molecule has 6 heteroatoms. The average Bonchev–Trinajstić information content (AvgIpc) is 3.29. The summed E-state index contributed by atoms with van der Waals surface area (Å²) in [5, 5.41) is 4.28. The second-order valence-electron chi connectivity index (χ2n) is 8.69. The minimum atomic E-state index is -0.0720. The third kappa shape index (κ3) is 3.80. The van der Waals surface area contributed by atoms with Crippen molar-refractivity contribution in [2.45, 2.75) is 39.8 Å². The average molecular weight is 454 g/mol. The van der Waals surface area contributed by atoms with E-state index in [0.717, 1.165) is 28.6 Å². The Hall–Kier alpha value is -3.51. The third-order valence-electron chi connectivity index (χ3n) is 6.25. The van der Waals surface area contributed by atoms with Gasteiger partial charge < -0.3 is 14.8 Å². The molecule has 5 nitrogen and oxygen atoms in total. The van der Waals surface area contributed by atoms with E-state index in [-0.39, 0.29) is 12.1 Å². The quantitative estimate of drug-likeness (QED) is 0.403. The molecule has 1 aliphatic rings. The topological polar surface area (TPSA) is 46.0 Å². The van der Waals surface area contributed by atoms with E-state index in [4.69, 9.17) is 12.2 Å². The molecule has 0 saturated carbocycles. The fraction of sp³-hybridized carbons (Fsp3) is 0.222. The maximum Gasteiger partial charge on any atom is 0.174 e. The Morgan fingerprint density at radius 2 is 1.55 bits per heavy atom. The predicted molar refractivity (Wildman–Crippen MR) is 137 cm³/mol. The number of pyridine rings is 2. The number of benzene rings is 1. The number of rotatable bonds is 4. The molecular weight excluding hydrogens is 426 g/mol. The normalized spacial score (nSPS) is 17.9. The van der Waals surface area contributed by atoms with E-state index in [0.29, 0.717) is 5.11 Å². The monoisotopic (exact) mass is 453 g/mol. The van der Waals surface area contributed by atoms with Gasteiger partial charge in [-0.2, -0.15) is 0 Å². The zero-order valence-corrected chi connectivity index (χ0v) is 20.1. The minimum absolute atomic E-state index is 0.0442. The fourth-order valence-electron chi connectivity index (χ4n) is 4.96. The molecule has 1 fully saturated rings. The van der Waals surface area contributed by atoms with Gasteiger partial charge in [0, 0.05) is 29.5 Å². The van der Waals surface area contributed by atoms with Gasteiger partial charge in [0.25, 0.3) is 0 Å². The van der Waals surface area contributed by atoms with Crippen LogP contribution >= 0.6 is 12.2 Å². The van der Waals surface area contributed by atoms with Crippen LogP contribution in [0.15, 0.2) is 73.1 Å². The van der Waals surface area contributed by atoms with Crippen LogP contribution < -0.4 is 10.2 Å². The summed E-state index contributed by atoms with van der Waals surface area (Å²) in [6, 6.07) is 20.8. The first-order chi connectivity index (χ1) is 15.9. The lowest BCUT2D eigenvalue weighted by molar-refractivity contribution is 0.565. The molecule has 0 bridgehead atoms. The van der Waals surface area contributed by atoms with Crippen LogP contribution in [-0.4, -0.2) is 19.6 Å². The van der Waals surface area contributed by atoms with Crippen LogP contribution in [0, 0.1) is 27.7 Å². The van der Waals surface area contributed by atoms with Gasteiger partial charge in [-0.25, -0.2) is 4.98 Å². The number of nitrogens with zero attached hydrogens (tertiary/aromatic N) is 4. The molecule has 0 spiro atoms. The molecule has 0 amide bonds. The van der Waals surface area contributed by atoms with Crippen LogP contribution in [0.5, 0.6) is 0 Å². The van der Waals surface area contributed by atoms with E-state index in [1.54, 1.807) is 0 Å². The highest BCUT2D eigenvalue weighted by Gasteiger charge is 2.42. The lowest BCUT2D eigenvalue weighted by atomic mass is 9.96. The first kappa shape index (κ1) is 21.3. The largest absolute Gasteiger partial charge is 0.351 e. The first-order valence-electron chi connectivity index (χ1n) is 11.1. The van der Waals surface area contributed by atoms with Crippen LogP contribution in [0.3, 0.4) is 0 Å². The molecule has 166 valence electrons. The Balaban J connectivity index is 1.70. The number of hydrogen-bond acceptors (Lipinski definition) is 3. The van der Waals surface area contributed by atoms with Gasteiger partial charge in [0.1, 0.15) is 5.82 Å². The van der Waals surface area contributed by atoms with Crippen molar-refractivity contribution in [3.8, 4) is 5.82 Å². The SMILES string of the molecule is Cc1cc(C)cc(N2C(=S)N[C@@H](c3ccccn3)[C@H]2c2cc(C)n(-c3ccccn3)c2C)c1. The van der Waals surface area contributed by atoms with Gasteiger partial charge in [-0.05, 0) is 99.1 Å². The van der Waals surface area contributed by atoms with Crippen LogP contribution in [0.2, 0.25) is 0 Å². The highest BCUT2D eigenvalue weighted by atomic mass is 32.1. The van der Waals surface area contributed by atoms with E-state index in [1.807, 2.05) is 42.7 Å². The summed E-state index contributed by atoms with van der Waals surface area (Å²) in [5.74, 6) is 0.916. The molecule has 0 aliphatic carbocycles. The summed E-state index contributed by atoms with van der Waals surface area (Å²) in [6.45, 7) is 8.54. The lowest BCUT2D eigenvalue weighted by Crippen LogP contribution is -2.29. The van der Waals surface area contributed by atoms with Crippen molar-refractivity contribution in [2.75, 3.05) is 4.90 Å². The van der Waals surface area contributed by atoms with Crippen LogP contribution in [-0.2, 0) is 0 Å². The van der Waals surface area contributed by atoms with Gasteiger partial charge in [0.05, 0.1) is 17.8 Å². The van der Waals surface area contributed by atoms with E-state index in [1.165, 1.54) is 16.7 Å². The van der Waals surface area contributed by atoms with Crippen molar-refractivity contribution in [3.05, 3.63) is 107 Å². The summed E-state index contributed by atoms with van der Waals surface area (Å²) in [7, 11) is 0. The number of anilines is 1. The molecule has 0 radical (unpaired) electrons. The van der Waals surface area contributed by atoms with Gasteiger partial charge >= 0.3 is 0 Å². The summed E-state index contributed by atoms with van der Waals surface area (Å²) < 4.78 is 2.21. The zero-order valence-electron chi connectivity index (χ0n) is 19.3. The van der Waals surface area contributed by atoms with Crippen molar-refractivity contribution in [3.63, 3.8) is 0 Å². The van der Waals surface area contributed by atoms with Crippen molar-refractivity contribution in [2.24, 2.45) is 0 Å². The Kier molecular flexibility index (Phi) is 5.46. The predicted octanol–water partition coefficient (Wildman–Crippen LogP) is 5.68. The highest BCUT2D eigenvalue weighted by molar-refractivity contribution is 7.80. The van der Waals surface area contributed by atoms with Crippen molar-refractivity contribution in [1.82, 2.24) is 19.9 Å². The maximum absolute atomic E-state index is 5.91. The van der Waals surface area contributed by atoms with Gasteiger partial charge in [0.2, 0.25) is 0 Å². The molecule has 1 N–H and O–H groups in total. The maximum atomic E-state index is 5.91. The second kappa shape index (κ2) is 8.45. The molecule has 3 aromatic heterocycles. The summed E-state index contributed by atoms with van der Waals surface area (Å²) in [4.78, 5) is 11.5. The van der Waals surface area contributed by atoms with Crippen molar-refractivity contribution < 1.29 is 0 Å². The van der Waals surface area contributed by atoms with Crippen LogP contribution in [0.4, 0.5) is 5.69 Å². The minimum Gasteiger partial charge on any atom is -0.351 e. The smallest absolute Gasteiger partial charge is 0.174 e. The molecule has 1 saturated heterocycles. The van der Waals surface area contributed by atoms with Crippen molar-refractivity contribution >= 4 is 23.0 Å². The van der Waals surface area contributed by atoms with Gasteiger partial charge in [-0.15, -0.1) is 0 Å². The molecule has 5 rings (SSSR count). The summed E-state index contributed by atoms with van der Waals surface area (Å²) >= 11 is 5.91. The molecule has 4 heterocycles. The molecule has 33 heavy (non-hydrogen) atoms. The van der Waals surface area contributed by atoms with E-state index < -0.39 is 0 Å². The molecular formula is C27H27N5S. The lowest BCUT2D eigenvalue weighted by Gasteiger charge is -2.28. The van der Waals surface area contributed by atoms with Crippen molar-refractivity contribution in [1.29, 1.82) is 0 Å². The van der Waals surface area contributed by atoms with E-state index >= 15 is 0 Å². The Labute approximate surface area is 200 Å². The van der Waals surface area contributed by atoms with Crippen LogP contribution in [0.1, 0.15) is 45.9 Å². The Morgan fingerprint density at radius 1 is 0.848 bits per heavy atom. The third-order valence-corrected chi connectivity index (χ3v) is 6.56. The van der Waals surface area contributed by atoms with Gasteiger partial charge in [0.15, 0.2) is 5.11 Å². The Morgan fingerprint density at radius 3 is 2.18 bits per heavy atom. The fourth-order valence-corrected chi connectivity index (χ4v) is 5.31. The molecule has 2 atom stereocenters. The van der Waals surface area contributed by atoms with E-state index in [9.17, 15) is 0 Å². The molecule has 1 aliphatic heterocycles. The van der Waals surface area contributed by atoms with Gasteiger partial charge in [-0.1, -0.05) is 18.2 Å². The number of aromatic nitrogens is 3. The summed E-state index contributed by atoms with van der Waals surface area (Å²) in [5.41, 5.74) is 7.99. The first-order valence-corrected chi connectivity index (χ1v) is 11.5. The molecule has 4 aromatic rings. The number of hydrogen-bond donors (Lipinski definition) is 1. The highest BCUT2D eigenvalue weighted by Crippen LogP contribution is 2.44. The van der Waals surface area contributed by atoms with E-state index in [2.05, 4.69) is 82.8 Å². The number of nitrogens with one attached hydrogen (secondary N) is 1. The zero-order chi connectivity index (χ0) is 23.1. The standard InChI is InChI=1S/C27H27N5S/c1-17-13-18(2)15-21(14-17)32-26(25(30-27(32)33)23-9-5-7-11-28-23)22-16-19(3)31(20(22)4)24-10-6-8-12-29-24/h5-16,25-26H,1-4H3,(H,30,33)/t25-,26+/m0/s1. The van der Waals surface area contributed by atoms with Crippen LogP contribution in [0.25, 0.3) is 5.82 Å². The summed E-state index contributed by atoms with van der Waals surface area (Å²) in [6.07, 6.45) is 3.67. The Bertz CT molecular complexity index is 1290. The molecule has 0 unspecified atom stereocenters.